The molecular weight excluding hydrogens is 438 g/mol. The normalized spacial score (nSPS) is 14.6. The molecule has 0 unspecified atom stereocenters. The number of aromatic nitrogens is 4. The summed E-state index contributed by atoms with van der Waals surface area (Å²) < 4.78 is 1.74. The van der Waals surface area contributed by atoms with Gasteiger partial charge in [-0.15, -0.1) is 0 Å². The van der Waals surface area contributed by atoms with E-state index in [4.69, 9.17) is 11.6 Å². The second kappa shape index (κ2) is 8.80. The van der Waals surface area contributed by atoms with Crippen molar-refractivity contribution in [3.8, 4) is 11.1 Å². The first-order valence-electron chi connectivity index (χ1n) is 10.8. The Morgan fingerprint density at radius 3 is 2.58 bits per heavy atom. The number of aryl methyl sites for hydroxylation is 1. The first kappa shape index (κ1) is 21.4. The fraction of sp³-hybridized carbons (Fsp3) is 0.250. The minimum atomic E-state index is -0.221. The molecule has 168 valence electrons. The van der Waals surface area contributed by atoms with Crippen molar-refractivity contribution >= 4 is 39.9 Å². The zero-order chi connectivity index (χ0) is 22.9. The van der Waals surface area contributed by atoms with Crippen molar-refractivity contribution in [2.45, 2.75) is 0 Å². The summed E-state index contributed by atoms with van der Waals surface area (Å²) in [5.41, 5.74) is 2.36. The number of carbonyl (C=O) groups is 1. The zero-order valence-corrected chi connectivity index (χ0v) is 19.3. The van der Waals surface area contributed by atoms with Crippen LogP contribution in [0, 0.1) is 0 Å². The topological polar surface area (TPSA) is 79.2 Å². The second-order valence-electron chi connectivity index (χ2n) is 8.30. The molecule has 0 saturated carbocycles. The maximum atomic E-state index is 12.9. The van der Waals surface area contributed by atoms with E-state index in [1.165, 1.54) is 0 Å². The van der Waals surface area contributed by atoms with E-state index in [9.17, 15) is 4.79 Å². The monoisotopic (exact) mass is 461 g/mol. The fourth-order valence-electron chi connectivity index (χ4n) is 3.97. The lowest BCUT2D eigenvalue weighted by atomic mass is 10.0. The van der Waals surface area contributed by atoms with Crippen LogP contribution >= 0.6 is 11.6 Å². The highest BCUT2D eigenvalue weighted by Gasteiger charge is 2.17. The molecule has 1 amide bonds. The van der Waals surface area contributed by atoms with Crippen LogP contribution in [0.2, 0.25) is 5.02 Å². The van der Waals surface area contributed by atoms with E-state index >= 15 is 0 Å². The fourth-order valence-corrected chi connectivity index (χ4v) is 4.25. The van der Waals surface area contributed by atoms with Crippen LogP contribution in [0.5, 0.6) is 0 Å². The Morgan fingerprint density at radius 1 is 1.00 bits per heavy atom. The predicted molar refractivity (Wildman–Crippen MR) is 131 cm³/mol. The molecule has 1 N–H and O–H groups in total. The van der Waals surface area contributed by atoms with E-state index in [0.29, 0.717) is 16.4 Å². The highest BCUT2D eigenvalue weighted by molar-refractivity contribution is 6.34. The van der Waals surface area contributed by atoms with Gasteiger partial charge in [-0.1, -0.05) is 11.6 Å². The lowest BCUT2D eigenvalue weighted by molar-refractivity contribution is 0.102. The Morgan fingerprint density at radius 2 is 1.82 bits per heavy atom. The van der Waals surface area contributed by atoms with Gasteiger partial charge in [0, 0.05) is 78.9 Å². The van der Waals surface area contributed by atoms with Gasteiger partial charge >= 0.3 is 0 Å². The van der Waals surface area contributed by atoms with Crippen LogP contribution < -0.4 is 10.2 Å². The molecule has 3 aromatic heterocycles. The Labute approximate surface area is 196 Å². The minimum Gasteiger partial charge on any atom is -0.354 e. The zero-order valence-electron chi connectivity index (χ0n) is 18.5. The van der Waals surface area contributed by atoms with Crippen LogP contribution in [-0.4, -0.2) is 63.8 Å². The summed E-state index contributed by atoms with van der Waals surface area (Å²) in [5, 5.41) is 9.59. The number of piperazine rings is 1. The molecule has 0 spiro atoms. The molecule has 0 bridgehead atoms. The number of anilines is 2. The van der Waals surface area contributed by atoms with Gasteiger partial charge in [-0.25, -0.2) is 9.97 Å². The van der Waals surface area contributed by atoms with Crippen LogP contribution in [0.15, 0.2) is 55.1 Å². The van der Waals surface area contributed by atoms with E-state index in [2.05, 4.69) is 37.2 Å². The van der Waals surface area contributed by atoms with Crippen molar-refractivity contribution in [1.82, 2.24) is 24.6 Å². The quantitative estimate of drug-likeness (QED) is 0.499. The number of likely N-dealkylation sites (N-methyl/N-ethyl adjacent to an activating group) is 1. The summed E-state index contributed by atoms with van der Waals surface area (Å²) >= 11 is 6.49. The van der Waals surface area contributed by atoms with Gasteiger partial charge in [-0.05, 0) is 42.8 Å². The lowest BCUT2D eigenvalue weighted by Crippen LogP contribution is -2.44. The van der Waals surface area contributed by atoms with Gasteiger partial charge in [-0.2, -0.15) is 5.10 Å². The maximum absolute atomic E-state index is 12.9. The van der Waals surface area contributed by atoms with Gasteiger partial charge < -0.3 is 15.1 Å². The number of carbonyl (C=O) groups excluding carboxylic acids is 1. The molecule has 33 heavy (non-hydrogen) atoms. The Kier molecular flexibility index (Phi) is 5.70. The number of hydrogen-bond acceptors (Lipinski definition) is 6. The van der Waals surface area contributed by atoms with Crippen molar-refractivity contribution in [2.24, 2.45) is 7.05 Å². The van der Waals surface area contributed by atoms with E-state index in [-0.39, 0.29) is 5.91 Å². The number of benzene rings is 1. The first-order chi connectivity index (χ1) is 16.0. The number of halogens is 1. The summed E-state index contributed by atoms with van der Waals surface area (Å²) in [6, 6.07) is 9.27. The van der Waals surface area contributed by atoms with Gasteiger partial charge in [0.05, 0.1) is 6.20 Å². The minimum absolute atomic E-state index is 0.221. The van der Waals surface area contributed by atoms with Gasteiger partial charge in [0.15, 0.2) is 0 Å². The van der Waals surface area contributed by atoms with Crippen molar-refractivity contribution in [3.63, 3.8) is 0 Å². The smallest absolute Gasteiger partial charge is 0.257 e. The number of rotatable bonds is 4. The number of pyridine rings is 2. The number of amides is 1. The van der Waals surface area contributed by atoms with Crippen LogP contribution in [0.1, 0.15) is 10.4 Å². The van der Waals surface area contributed by atoms with Gasteiger partial charge in [0.1, 0.15) is 11.6 Å². The summed E-state index contributed by atoms with van der Waals surface area (Å²) in [7, 11) is 3.98. The summed E-state index contributed by atoms with van der Waals surface area (Å²) in [5.74, 6) is 1.07. The van der Waals surface area contributed by atoms with E-state index in [1.54, 1.807) is 29.3 Å². The number of hydrogen-bond donors (Lipinski definition) is 1. The molecular formula is C24H24ClN7O. The molecule has 8 nitrogen and oxygen atoms in total. The molecule has 0 aliphatic carbocycles. The lowest BCUT2D eigenvalue weighted by Gasteiger charge is -2.33. The molecule has 4 heterocycles. The molecule has 1 aliphatic rings. The van der Waals surface area contributed by atoms with Gasteiger partial charge in [-0.3, -0.25) is 9.48 Å². The third-order valence-electron chi connectivity index (χ3n) is 5.90. The predicted octanol–water partition coefficient (Wildman–Crippen LogP) is 3.69. The molecule has 1 aromatic carbocycles. The van der Waals surface area contributed by atoms with Crippen LogP contribution in [-0.2, 0) is 7.05 Å². The van der Waals surface area contributed by atoms with Gasteiger partial charge in [0.2, 0.25) is 0 Å². The van der Waals surface area contributed by atoms with Crippen LogP contribution in [0.25, 0.3) is 21.9 Å². The molecule has 5 rings (SSSR count). The highest BCUT2D eigenvalue weighted by Crippen LogP contribution is 2.32. The molecule has 4 aromatic rings. The van der Waals surface area contributed by atoms with Crippen molar-refractivity contribution in [1.29, 1.82) is 0 Å². The van der Waals surface area contributed by atoms with E-state index in [1.807, 2.05) is 37.5 Å². The molecule has 1 saturated heterocycles. The Bertz CT molecular complexity index is 1330. The molecule has 0 atom stereocenters. The van der Waals surface area contributed by atoms with E-state index in [0.717, 1.165) is 53.9 Å². The molecule has 9 heteroatoms. The Balaban J connectivity index is 1.38. The standard InChI is InChI=1S/C24H24ClN7O/c1-30-5-7-32(8-6-30)23-12-16(3-4-26-23)24(33)29-22-11-17-9-20(19-14-28-31(2)15-19)21(25)10-18(17)13-27-22/h3-4,9-15H,5-8H2,1-2H3,(H,27,29,33). The van der Waals surface area contributed by atoms with E-state index < -0.39 is 0 Å². The molecule has 1 fully saturated rings. The third-order valence-corrected chi connectivity index (χ3v) is 6.21. The van der Waals surface area contributed by atoms with Crippen LogP contribution in [0.4, 0.5) is 11.6 Å². The van der Waals surface area contributed by atoms with Gasteiger partial charge in [0.25, 0.3) is 5.91 Å². The molecule has 1 aliphatic heterocycles. The summed E-state index contributed by atoms with van der Waals surface area (Å²) in [4.78, 5) is 26.3. The SMILES string of the molecule is CN1CCN(c2cc(C(=O)Nc3cc4cc(-c5cnn(C)c5)c(Cl)cc4cn3)ccn2)CC1. The summed E-state index contributed by atoms with van der Waals surface area (Å²) in [6.07, 6.45) is 7.08. The Hall–Kier alpha value is -3.49. The highest BCUT2D eigenvalue weighted by atomic mass is 35.5. The van der Waals surface area contributed by atoms with Crippen molar-refractivity contribution in [2.75, 3.05) is 43.4 Å². The van der Waals surface area contributed by atoms with Crippen molar-refractivity contribution in [3.05, 3.63) is 65.7 Å². The summed E-state index contributed by atoms with van der Waals surface area (Å²) in [6.45, 7) is 3.74. The number of nitrogens with one attached hydrogen (secondary N) is 1. The largest absolute Gasteiger partial charge is 0.354 e. The van der Waals surface area contributed by atoms with Crippen molar-refractivity contribution < 1.29 is 4.79 Å². The third kappa shape index (κ3) is 4.53. The number of fused-ring (bicyclic) bond motifs is 1. The first-order valence-corrected chi connectivity index (χ1v) is 11.1. The maximum Gasteiger partial charge on any atom is 0.257 e. The average Bonchev–Trinajstić information content (AvgIpc) is 3.25. The van der Waals surface area contributed by atoms with Crippen LogP contribution in [0.3, 0.4) is 0 Å². The second-order valence-corrected chi connectivity index (χ2v) is 8.71. The average molecular weight is 462 g/mol. The number of nitrogens with zero attached hydrogens (tertiary/aromatic N) is 6. The molecule has 0 radical (unpaired) electrons.